The molecule has 2 aliphatic heterocycles. The standard InChI is InChI=1S/C26H30F2N4O4/c1-35-18-26(34)31(11-10-30-12-14-36-15-13-30)17-25(33)32-24(21-4-2-3-5-22(21)28)16-23(29-32)19-6-8-20(27)9-7-19/h2-9,24H,10-18H2,1H3/t24-/m1/s1. The highest BCUT2D eigenvalue weighted by Gasteiger charge is 2.35. The van der Waals surface area contributed by atoms with Crippen LogP contribution >= 0.6 is 0 Å². The van der Waals surface area contributed by atoms with Crippen LogP contribution in [0.2, 0.25) is 0 Å². The average Bonchev–Trinajstić information content (AvgIpc) is 3.33. The van der Waals surface area contributed by atoms with E-state index in [0.29, 0.717) is 43.1 Å². The molecule has 10 heteroatoms. The van der Waals surface area contributed by atoms with Gasteiger partial charge in [-0.1, -0.05) is 30.3 Å². The zero-order valence-electron chi connectivity index (χ0n) is 20.2. The summed E-state index contributed by atoms with van der Waals surface area (Å²) in [5, 5.41) is 5.76. The van der Waals surface area contributed by atoms with E-state index in [9.17, 15) is 18.4 Å². The van der Waals surface area contributed by atoms with Gasteiger partial charge in [-0.25, -0.2) is 13.8 Å². The van der Waals surface area contributed by atoms with Gasteiger partial charge in [0.2, 0.25) is 5.91 Å². The third kappa shape index (κ3) is 6.31. The fourth-order valence-electron chi connectivity index (χ4n) is 4.37. The van der Waals surface area contributed by atoms with Crippen LogP contribution in [0.1, 0.15) is 23.6 Å². The molecule has 2 aromatic rings. The van der Waals surface area contributed by atoms with Crippen LogP contribution in [0.5, 0.6) is 0 Å². The number of methoxy groups -OCH3 is 1. The summed E-state index contributed by atoms with van der Waals surface area (Å²) in [4.78, 5) is 29.9. The van der Waals surface area contributed by atoms with Gasteiger partial charge in [0.05, 0.1) is 25.0 Å². The minimum atomic E-state index is -0.683. The Morgan fingerprint density at radius 1 is 1.11 bits per heavy atom. The maximum atomic E-state index is 14.7. The molecule has 1 atom stereocenters. The Kier molecular flexibility index (Phi) is 8.74. The molecule has 0 unspecified atom stereocenters. The maximum absolute atomic E-state index is 14.7. The number of hydrazone groups is 1. The molecule has 2 amide bonds. The second-order valence-corrected chi connectivity index (χ2v) is 8.74. The van der Waals surface area contributed by atoms with Crippen molar-refractivity contribution in [3.05, 3.63) is 71.3 Å². The van der Waals surface area contributed by atoms with E-state index in [-0.39, 0.29) is 31.3 Å². The van der Waals surface area contributed by atoms with Crippen molar-refractivity contribution in [2.75, 3.05) is 59.7 Å². The molecule has 0 bridgehead atoms. The molecule has 2 heterocycles. The van der Waals surface area contributed by atoms with E-state index < -0.39 is 17.8 Å². The summed E-state index contributed by atoms with van der Waals surface area (Å²) in [6, 6.07) is 11.4. The molecule has 0 spiro atoms. The van der Waals surface area contributed by atoms with E-state index in [2.05, 4.69) is 10.0 Å². The van der Waals surface area contributed by atoms with Crippen LogP contribution in [0.15, 0.2) is 53.6 Å². The van der Waals surface area contributed by atoms with Crippen LogP contribution in [-0.2, 0) is 19.1 Å². The predicted octanol–water partition coefficient (Wildman–Crippen LogP) is 2.45. The van der Waals surface area contributed by atoms with E-state index in [0.717, 1.165) is 13.1 Å². The second kappa shape index (κ2) is 12.2. The van der Waals surface area contributed by atoms with Crippen molar-refractivity contribution in [3.63, 3.8) is 0 Å². The normalized spacial score (nSPS) is 18.2. The van der Waals surface area contributed by atoms with Gasteiger partial charge in [-0.15, -0.1) is 0 Å². The molecule has 0 aliphatic carbocycles. The first kappa shape index (κ1) is 25.9. The number of carbonyl (C=O) groups excluding carboxylic acids is 2. The van der Waals surface area contributed by atoms with Gasteiger partial charge in [-0.2, -0.15) is 5.10 Å². The second-order valence-electron chi connectivity index (χ2n) is 8.74. The van der Waals surface area contributed by atoms with Crippen molar-refractivity contribution in [1.82, 2.24) is 14.8 Å². The molecule has 192 valence electrons. The van der Waals surface area contributed by atoms with E-state index >= 15 is 0 Å². The van der Waals surface area contributed by atoms with Crippen molar-refractivity contribution in [3.8, 4) is 0 Å². The van der Waals surface area contributed by atoms with Gasteiger partial charge in [0, 0.05) is 45.3 Å². The Hall–Kier alpha value is -3.21. The summed E-state index contributed by atoms with van der Waals surface area (Å²) in [7, 11) is 1.42. The summed E-state index contributed by atoms with van der Waals surface area (Å²) < 4.78 is 38.6. The lowest BCUT2D eigenvalue weighted by Crippen LogP contribution is -2.47. The van der Waals surface area contributed by atoms with E-state index in [1.54, 1.807) is 30.3 Å². The molecular formula is C26H30F2N4O4. The fourth-order valence-corrected chi connectivity index (χ4v) is 4.37. The van der Waals surface area contributed by atoms with Crippen molar-refractivity contribution >= 4 is 17.5 Å². The number of rotatable bonds is 9. The third-order valence-electron chi connectivity index (χ3n) is 6.34. The van der Waals surface area contributed by atoms with Crippen LogP contribution in [0.4, 0.5) is 8.78 Å². The molecule has 1 fully saturated rings. The number of ether oxygens (including phenoxy) is 2. The number of nitrogens with zero attached hydrogens (tertiary/aromatic N) is 4. The van der Waals surface area contributed by atoms with Gasteiger partial charge in [0.1, 0.15) is 24.8 Å². The highest BCUT2D eigenvalue weighted by Crippen LogP contribution is 2.34. The summed E-state index contributed by atoms with van der Waals surface area (Å²) in [6.45, 7) is 3.32. The van der Waals surface area contributed by atoms with Crippen LogP contribution in [0.3, 0.4) is 0 Å². The Labute approximate surface area is 209 Å². The highest BCUT2D eigenvalue weighted by molar-refractivity contribution is 6.03. The SMILES string of the molecule is COCC(=O)N(CCN1CCOCC1)CC(=O)N1N=C(c2ccc(F)cc2)C[C@@H]1c1ccccc1F. The lowest BCUT2D eigenvalue weighted by molar-refractivity contribution is -0.144. The van der Waals surface area contributed by atoms with E-state index in [1.807, 2.05) is 0 Å². The number of benzene rings is 2. The summed E-state index contributed by atoms with van der Waals surface area (Å²) in [5.74, 6) is -1.59. The molecule has 2 aromatic carbocycles. The van der Waals surface area contributed by atoms with Crippen LogP contribution in [-0.4, -0.2) is 92.0 Å². The summed E-state index contributed by atoms with van der Waals surface area (Å²) in [5.41, 5.74) is 1.52. The minimum Gasteiger partial charge on any atom is -0.379 e. The molecule has 2 aliphatic rings. The highest BCUT2D eigenvalue weighted by atomic mass is 19.1. The van der Waals surface area contributed by atoms with Gasteiger partial charge < -0.3 is 14.4 Å². The quantitative estimate of drug-likeness (QED) is 0.529. The lowest BCUT2D eigenvalue weighted by Gasteiger charge is -2.31. The Morgan fingerprint density at radius 2 is 1.83 bits per heavy atom. The molecule has 36 heavy (non-hydrogen) atoms. The largest absolute Gasteiger partial charge is 0.379 e. The summed E-state index contributed by atoms with van der Waals surface area (Å²) >= 11 is 0. The van der Waals surface area contributed by atoms with Gasteiger partial charge >= 0.3 is 0 Å². The topological polar surface area (TPSA) is 74.7 Å². The first-order chi connectivity index (χ1) is 17.5. The zero-order chi connectivity index (χ0) is 25.5. The average molecular weight is 501 g/mol. The molecule has 4 rings (SSSR count). The fraction of sp³-hybridized carbons (Fsp3) is 0.423. The van der Waals surface area contributed by atoms with E-state index in [1.165, 1.54) is 35.2 Å². The van der Waals surface area contributed by atoms with Crippen LogP contribution < -0.4 is 0 Å². The third-order valence-corrected chi connectivity index (χ3v) is 6.34. The molecule has 8 nitrogen and oxygen atoms in total. The number of morpholine rings is 1. The first-order valence-corrected chi connectivity index (χ1v) is 11.9. The lowest BCUT2D eigenvalue weighted by atomic mass is 9.98. The Bertz CT molecular complexity index is 1090. The van der Waals surface area contributed by atoms with Crippen LogP contribution in [0, 0.1) is 11.6 Å². The molecule has 1 saturated heterocycles. The maximum Gasteiger partial charge on any atom is 0.262 e. The number of carbonyl (C=O) groups is 2. The molecule has 0 aromatic heterocycles. The summed E-state index contributed by atoms with van der Waals surface area (Å²) in [6.07, 6.45) is 0.262. The van der Waals surface area contributed by atoms with E-state index in [4.69, 9.17) is 9.47 Å². The molecule has 0 saturated carbocycles. The number of hydrogen-bond donors (Lipinski definition) is 0. The zero-order valence-corrected chi connectivity index (χ0v) is 20.2. The number of amides is 2. The van der Waals surface area contributed by atoms with Gasteiger partial charge in [-0.3, -0.25) is 14.5 Å². The molecular weight excluding hydrogens is 470 g/mol. The Morgan fingerprint density at radius 3 is 2.53 bits per heavy atom. The first-order valence-electron chi connectivity index (χ1n) is 11.9. The van der Waals surface area contributed by atoms with Crippen molar-refractivity contribution in [2.45, 2.75) is 12.5 Å². The Balaban J connectivity index is 1.56. The van der Waals surface area contributed by atoms with Crippen molar-refractivity contribution in [1.29, 1.82) is 0 Å². The minimum absolute atomic E-state index is 0.156. The van der Waals surface area contributed by atoms with Gasteiger partial charge in [0.15, 0.2) is 0 Å². The monoisotopic (exact) mass is 500 g/mol. The van der Waals surface area contributed by atoms with Crippen molar-refractivity contribution in [2.24, 2.45) is 5.10 Å². The predicted molar refractivity (Wildman–Crippen MR) is 129 cm³/mol. The smallest absolute Gasteiger partial charge is 0.262 e. The molecule has 0 radical (unpaired) electrons. The molecule has 0 N–H and O–H groups in total. The van der Waals surface area contributed by atoms with Gasteiger partial charge in [0.25, 0.3) is 5.91 Å². The van der Waals surface area contributed by atoms with Gasteiger partial charge in [-0.05, 0) is 23.8 Å². The van der Waals surface area contributed by atoms with Crippen LogP contribution in [0.25, 0.3) is 0 Å². The number of halogens is 2. The van der Waals surface area contributed by atoms with Crippen molar-refractivity contribution < 1.29 is 27.8 Å². The number of hydrogen-bond acceptors (Lipinski definition) is 6.